The number of amides is 1. The smallest absolute Gasteiger partial charge is 0.243 e. The van der Waals surface area contributed by atoms with Gasteiger partial charge < -0.3 is 10.6 Å². The number of hydrogen-bond donors (Lipinski definition) is 2. The SMILES string of the molecule is Cc1ccc(NCC(=O)Nc2ccc(F)cc2F)c(Cl)c1. The summed E-state index contributed by atoms with van der Waals surface area (Å²) in [6.07, 6.45) is 0. The third-order valence-corrected chi connectivity index (χ3v) is 3.08. The van der Waals surface area contributed by atoms with Crippen molar-refractivity contribution in [3.8, 4) is 0 Å². The van der Waals surface area contributed by atoms with Crippen LogP contribution in [-0.2, 0) is 4.79 Å². The van der Waals surface area contributed by atoms with Gasteiger partial charge in [0.05, 0.1) is 22.9 Å². The zero-order valence-electron chi connectivity index (χ0n) is 11.2. The average molecular weight is 311 g/mol. The molecule has 2 aromatic rings. The van der Waals surface area contributed by atoms with Gasteiger partial charge in [0.25, 0.3) is 0 Å². The lowest BCUT2D eigenvalue weighted by Crippen LogP contribution is -2.22. The van der Waals surface area contributed by atoms with Crippen molar-refractivity contribution in [1.82, 2.24) is 0 Å². The minimum absolute atomic E-state index is 0.0711. The number of carbonyl (C=O) groups is 1. The van der Waals surface area contributed by atoms with E-state index in [4.69, 9.17) is 11.6 Å². The van der Waals surface area contributed by atoms with Crippen LogP contribution in [0.1, 0.15) is 5.56 Å². The Balaban J connectivity index is 1.96. The first kappa shape index (κ1) is 15.3. The molecule has 2 aromatic carbocycles. The number of halogens is 3. The fourth-order valence-corrected chi connectivity index (χ4v) is 2.03. The van der Waals surface area contributed by atoms with E-state index in [1.165, 1.54) is 6.07 Å². The number of hydrogen-bond acceptors (Lipinski definition) is 2. The molecule has 0 atom stereocenters. The van der Waals surface area contributed by atoms with Crippen LogP contribution < -0.4 is 10.6 Å². The maximum absolute atomic E-state index is 13.4. The van der Waals surface area contributed by atoms with E-state index in [-0.39, 0.29) is 12.2 Å². The average Bonchev–Trinajstić information content (AvgIpc) is 2.41. The first-order valence-electron chi connectivity index (χ1n) is 6.20. The Hall–Kier alpha value is -2.14. The standard InChI is InChI=1S/C15H13ClF2N2O/c1-9-2-4-13(11(16)6-9)19-8-15(21)20-14-5-3-10(17)7-12(14)18/h2-7,19H,8H2,1H3,(H,20,21). The van der Waals surface area contributed by atoms with Crippen molar-refractivity contribution >= 4 is 28.9 Å². The summed E-state index contributed by atoms with van der Waals surface area (Å²) in [5.41, 5.74) is 1.54. The van der Waals surface area contributed by atoms with E-state index < -0.39 is 17.5 Å². The fraction of sp³-hybridized carbons (Fsp3) is 0.133. The van der Waals surface area contributed by atoms with Crippen LogP contribution in [0, 0.1) is 18.6 Å². The molecule has 0 heterocycles. The molecule has 0 saturated carbocycles. The van der Waals surface area contributed by atoms with E-state index in [9.17, 15) is 13.6 Å². The van der Waals surface area contributed by atoms with Crippen LogP contribution in [0.25, 0.3) is 0 Å². The molecule has 0 unspecified atom stereocenters. The highest BCUT2D eigenvalue weighted by atomic mass is 35.5. The predicted octanol–water partition coefficient (Wildman–Crippen LogP) is 3.98. The summed E-state index contributed by atoms with van der Waals surface area (Å²) in [5.74, 6) is -1.98. The topological polar surface area (TPSA) is 41.1 Å². The van der Waals surface area contributed by atoms with Crippen LogP contribution in [0.15, 0.2) is 36.4 Å². The summed E-state index contributed by atoms with van der Waals surface area (Å²) >= 11 is 6.02. The molecule has 0 aromatic heterocycles. The van der Waals surface area contributed by atoms with Gasteiger partial charge in [-0.2, -0.15) is 0 Å². The summed E-state index contributed by atoms with van der Waals surface area (Å²) < 4.78 is 26.1. The van der Waals surface area contributed by atoms with Gasteiger partial charge in [0, 0.05) is 6.07 Å². The molecule has 2 rings (SSSR count). The van der Waals surface area contributed by atoms with E-state index in [0.717, 1.165) is 11.6 Å². The number of nitrogens with one attached hydrogen (secondary N) is 2. The van der Waals surface area contributed by atoms with Crippen LogP contribution in [0.3, 0.4) is 0 Å². The van der Waals surface area contributed by atoms with E-state index in [1.807, 2.05) is 13.0 Å². The molecule has 0 fully saturated rings. The monoisotopic (exact) mass is 310 g/mol. The summed E-state index contributed by atoms with van der Waals surface area (Å²) in [7, 11) is 0. The Labute approximate surface area is 125 Å². The van der Waals surface area contributed by atoms with E-state index in [0.29, 0.717) is 16.8 Å². The fourth-order valence-electron chi connectivity index (χ4n) is 1.72. The first-order valence-corrected chi connectivity index (χ1v) is 6.58. The van der Waals surface area contributed by atoms with Gasteiger partial charge in [-0.05, 0) is 36.8 Å². The first-order chi connectivity index (χ1) is 9.95. The Morgan fingerprint density at radius 3 is 2.52 bits per heavy atom. The Bertz CT molecular complexity index is 677. The molecule has 0 aliphatic carbocycles. The van der Waals surface area contributed by atoms with Crippen LogP contribution in [-0.4, -0.2) is 12.5 Å². The van der Waals surface area contributed by atoms with Gasteiger partial charge in [-0.3, -0.25) is 4.79 Å². The Morgan fingerprint density at radius 2 is 1.86 bits per heavy atom. The zero-order valence-corrected chi connectivity index (χ0v) is 12.0. The second kappa shape index (κ2) is 6.54. The van der Waals surface area contributed by atoms with Crippen molar-refractivity contribution in [2.24, 2.45) is 0 Å². The lowest BCUT2D eigenvalue weighted by atomic mass is 10.2. The quantitative estimate of drug-likeness (QED) is 0.897. The number of rotatable bonds is 4. The second-order valence-corrected chi connectivity index (χ2v) is 4.92. The van der Waals surface area contributed by atoms with Gasteiger partial charge in [-0.25, -0.2) is 8.78 Å². The van der Waals surface area contributed by atoms with Crippen molar-refractivity contribution in [3.05, 3.63) is 58.6 Å². The number of anilines is 2. The molecule has 0 spiro atoms. The third-order valence-electron chi connectivity index (χ3n) is 2.77. The van der Waals surface area contributed by atoms with Crippen molar-refractivity contribution < 1.29 is 13.6 Å². The highest BCUT2D eigenvalue weighted by Crippen LogP contribution is 2.22. The molecular formula is C15H13ClF2N2O. The van der Waals surface area contributed by atoms with Gasteiger partial charge in [0.15, 0.2) is 0 Å². The number of carbonyl (C=O) groups excluding carboxylic acids is 1. The minimum atomic E-state index is -0.822. The van der Waals surface area contributed by atoms with Crippen molar-refractivity contribution in [2.45, 2.75) is 6.92 Å². The summed E-state index contributed by atoms with van der Waals surface area (Å²) in [5, 5.41) is 5.70. The van der Waals surface area contributed by atoms with Gasteiger partial charge in [0.2, 0.25) is 5.91 Å². The molecule has 1 amide bonds. The second-order valence-electron chi connectivity index (χ2n) is 4.51. The van der Waals surface area contributed by atoms with Crippen molar-refractivity contribution in [1.29, 1.82) is 0 Å². The molecule has 6 heteroatoms. The summed E-state index contributed by atoms with van der Waals surface area (Å²) in [4.78, 5) is 11.7. The highest BCUT2D eigenvalue weighted by Gasteiger charge is 2.08. The van der Waals surface area contributed by atoms with E-state index >= 15 is 0 Å². The van der Waals surface area contributed by atoms with E-state index in [1.54, 1.807) is 12.1 Å². The molecule has 21 heavy (non-hydrogen) atoms. The molecule has 0 saturated heterocycles. The molecule has 0 aliphatic heterocycles. The van der Waals surface area contributed by atoms with Gasteiger partial charge >= 0.3 is 0 Å². The molecular weight excluding hydrogens is 298 g/mol. The largest absolute Gasteiger partial charge is 0.375 e. The normalized spacial score (nSPS) is 10.3. The van der Waals surface area contributed by atoms with Gasteiger partial charge in [-0.15, -0.1) is 0 Å². The molecule has 0 radical (unpaired) electrons. The molecule has 2 N–H and O–H groups in total. The third kappa shape index (κ3) is 4.16. The Morgan fingerprint density at radius 1 is 1.14 bits per heavy atom. The maximum Gasteiger partial charge on any atom is 0.243 e. The lowest BCUT2D eigenvalue weighted by Gasteiger charge is -2.10. The van der Waals surface area contributed by atoms with Crippen LogP contribution >= 0.6 is 11.6 Å². The summed E-state index contributed by atoms with van der Waals surface area (Å²) in [6.45, 7) is 1.82. The molecule has 3 nitrogen and oxygen atoms in total. The zero-order chi connectivity index (χ0) is 15.4. The van der Waals surface area contributed by atoms with Crippen LogP contribution in [0.5, 0.6) is 0 Å². The molecule has 110 valence electrons. The van der Waals surface area contributed by atoms with Crippen molar-refractivity contribution in [2.75, 3.05) is 17.2 Å². The van der Waals surface area contributed by atoms with Gasteiger partial charge in [0.1, 0.15) is 11.6 Å². The Kier molecular flexibility index (Phi) is 4.75. The number of aryl methyl sites for hydroxylation is 1. The maximum atomic E-state index is 13.4. The van der Waals surface area contributed by atoms with Crippen molar-refractivity contribution in [3.63, 3.8) is 0 Å². The minimum Gasteiger partial charge on any atom is -0.375 e. The summed E-state index contributed by atoms with van der Waals surface area (Å²) in [6, 6.07) is 8.32. The molecule has 0 aliphatic rings. The van der Waals surface area contributed by atoms with Crippen LogP contribution in [0.2, 0.25) is 5.02 Å². The number of benzene rings is 2. The lowest BCUT2D eigenvalue weighted by molar-refractivity contribution is -0.114. The van der Waals surface area contributed by atoms with Gasteiger partial charge in [-0.1, -0.05) is 17.7 Å². The van der Waals surface area contributed by atoms with E-state index in [2.05, 4.69) is 10.6 Å². The highest BCUT2D eigenvalue weighted by molar-refractivity contribution is 6.33. The van der Waals surface area contributed by atoms with Crippen LogP contribution in [0.4, 0.5) is 20.2 Å². The predicted molar refractivity (Wildman–Crippen MR) is 79.7 cm³/mol. The molecule has 0 bridgehead atoms.